The molecule has 2 amide bonds. The van der Waals surface area contributed by atoms with Crippen LogP contribution in [0.1, 0.15) is 13.3 Å². The Morgan fingerprint density at radius 1 is 1.43 bits per heavy atom. The Balaban J connectivity index is 2.11. The number of amides is 2. The lowest BCUT2D eigenvalue weighted by atomic mass is 10.2. The molecule has 1 aromatic rings. The summed E-state index contributed by atoms with van der Waals surface area (Å²) in [5.41, 5.74) is 0.759. The fourth-order valence-corrected chi connectivity index (χ4v) is 4.81. The lowest BCUT2D eigenvalue weighted by Gasteiger charge is -2.27. The molecule has 1 atom stereocenters. The van der Waals surface area contributed by atoms with Crippen molar-refractivity contribution in [1.82, 2.24) is 4.90 Å². The highest BCUT2D eigenvalue weighted by molar-refractivity contribution is 7.98. The van der Waals surface area contributed by atoms with E-state index < -0.39 is 9.84 Å². The SMILES string of the molecule is CCN(C(=O)Nc1ccccc1SC)[C@H]1CCS(=O)(=O)C1. The summed E-state index contributed by atoms with van der Waals surface area (Å²) in [6, 6.07) is 7.12. The van der Waals surface area contributed by atoms with Crippen LogP contribution in [0.5, 0.6) is 0 Å². The molecule has 0 aliphatic carbocycles. The predicted octanol–water partition coefficient (Wildman–Crippen LogP) is 2.45. The Bertz CT molecular complexity index is 616. The summed E-state index contributed by atoms with van der Waals surface area (Å²) in [6.07, 6.45) is 2.47. The van der Waals surface area contributed by atoms with E-state index >= 15 is 0 Å². The van der Waals surface area contributed by atoms with Crippen LogP contribution in [0.25, 0.3) is 0 Å². The standard InChI is InChI=1S/C14H20N2O3S2/c1-3-16(11-8-9-21(18,19)10-11)14(17)15-12-6-4-5-7-13(12)20-2/h4-7,11H,3,8-10H2,1-2H3,(H,15,17)/t11-/m0/s1. The van der Waals surface area contributed by atoms with E-state index in [-0.39, 0.29) is 23.6 Å². The number of urea groups is 1. The number of sulfone groups is 1. The summed E-state index contributed by atoms with van der Waals surface area (Å²) in [5, 5.41) is 2.89. The number of thioether (sulfide) groups is 1. The van der Waals surface area contributed by atoms with E-state index in [9.17, 15) is 13.2 Å². The van der Waals surface area contributed by atoms with Gasteiger partial charge in [-0.2, -0.15) is 0 Å². The molecule has 5 nitrogen and oxygen atoms in total. The Labute approximate surface area is 130 Å². The lowest BCUT2D eigenvalue weighted by Crippen LogP contribution is -2.43. The first-order valence-corrected chi connectivity index (χ1v) is 9.92. The smallest absolute Gasteiger partial charge is 0.321 e. The number of para-hydroxylation sites is 1. The van der Waals surface area contributed by atoms with Crippen LogP contribution < -0.4 is 5.32 Å². The minimum absolute atomic E-state index is 0.0679. The first-order chi connectivity index (χ1) is 9.96. The number of hydrogen-bond acceptors (Lipinski definition) is 4. The van der Waals surface area contributed by atoms with Gasteiger partial charge in [0.2, 0.25) is 0 Å². The zero-order chi connectivity index (χ0) is 15.5. The van der Waals surface area contributed by atoms with Crippen molar-refractivity contribution in [1.29, 1.82) is 0 Å². The van der Waals surface area contributed by atoms with Crippen LogP contribution in [0.3, 0.4) is 0 Å². The number of benzene rings is 1. The Kier molecular flexibility index (Phi) is 5.16. The van der Waals surface area contributed by atoms with E-state index in [2.05, 4.69) is 5.32 Å². The van der Waals surface area contributed by atoms with Gasteiger partial charge in [0.1, 0.15) is 0 Å². The van der Waals surface area contributed by atoms with E-state index in [1.54, 1.807) is 16.7 Å². The number of hydrogen-bond donors (Lipinski definition) is 1. The van der Waals surface area contributed by atoms with Gasteiger partial charge in [0.05, 0.1) is 17.2 Å². The number of nitrogens with zero attached hydrogens (tertiary/aromatic N) is 1. The van der Waals surface area contributed by atoms with Crippen LogP contribution in [0.2, 0.25) is 0 Å². The zero-order valence-electron chi connectivity index (χ0n) is 12.2. The van der Waals surface area contributed by atoms with Crippen molar-refractivity contribution < 1.29 is 13.2 Å². The summed E-state index contributed by atoms with van der Waals surface area (Å²) in [4.78, 5) is 15.0. The van der Waals surface area contributed by atoms with Crippen LogP contribution in [0, 0.1) is 0 Å². The third kappa shape index (κ3) is 3.91. The highest BCUT2D eigenvalue weighted by Gasteiger charge is 2.34. The summed E-state index contributed by atoms with van der Waals surface area (Å²) in [7, 11) is -3.00. The highest BCUT2D eigenvalue weighted by atomic mass is 32.2. The fraction of sp³-hybridized carbons (Fsp3) is 0.500. The van der Waals surface area contributed by atoms with Gasteiger partial charge in [-0.15, -0.1) is 11.8 Å². The highest BCUT2D eigenvalue weighted by Crippen LogP contribution is 2.25. The molecule has 0 unspecified atom stereocenters. The molecule has 1 saturated heterocycles. The Hall–Kier alpha value is -1.21. The third-order valence-corrected chi connectivity index (χ3v) is 6.15. The molecular formula is C14H20N2O3S2. The molecule has 0 radical (unpaired) electrons. The minimum Gasteiger partial charge on any atom is -0.321 e. The maximum Gasteiger partial charge on any atom is 0.322 e. The van der Waals surface area contributed by atoms with Crippen molar-refractivity contribution >= 4 is 33.3 Å². The van der Waals surface area contributed by atoms with Gasteiger partial charge >= 0.3 is 6.03 Å². The number of anilines is 1. The molecule has 1 aromatic carbocycles. The zero-order valence-corrected chi connectivity index (χ0v) is 13.8. The Morgan fingerprint density at radius 2 is 2.14 bits per heavy atom. The summed E-state index contributed by atoms with van der Waals surface area (Å²) in [6.45, 7) is 2.36. The molecule has 1 aliphatic rings. The van der Waals surface area contributed by atoms with Crippen molar-refractivity contribution in [2.75, 3.05) is 29.6 Å². The van der Waals surface area contributed by atoms with E-state index in [1.807, 2.05) is 37.4 Å². The molecule has 1 aliphatic heterocycles. The number of nitrogens with one attached hydrogen (secondary N) is 1. The molecule has 0 aromatic heterocycles. The molecule has 1 heterocycles. The number of rotatable bonds is 4. The molecule has 1 fully saturated rings. The molecule has 21 heavy (non-hydrogen) atoms. The molecule has 2 rings (SSSR count). The van der Waals surface area contributed by atoms with Crippen molar-refractivity contribution in [2.45, 2.75) is 24.3 Å². The van der Waals surface area contributed by atoms with Gasteiger partial charge in [-0.1, -0.05) is 12.1 Å². The van der Waals surface area contributed by atoms with Crippen LogP contribution in [-0.2, 0) is 9.84 Å². The maximum atomic E-state index is 12.4. The molecule has 0 spiro atoms. The predicted molar refractivity (Wildman–Crippen MR) is 86.7 cm³/mol. The van der Waals surface area contributed by atoms with Crippen molar-refractivity contribution in [3.8, 4) is 0 Å². The third-order valence-electron chi connectivity index (χ3n) is 3.60. The van der Waals surface area contributed by atoms with Gasteiger partial charge in [0, 0.05) is 17.5 Å². The minimum atomic E-state index is -3.00. The van der Waals surface area contributed by atoms with Crippen LogP contribution in [0.15, 0.2) is 29.2 Å². The van der Waals surface area contributed by atoms with Crippen molar-refractivity contribution in [3.63, 3.8) is 0 Å². The second-order valence-corrected chi connectivity index (χ2v) is 8.05. The molecule has 116 valence electrons. The molecule has 0 saturated carbocycles. The number of carbonyl (C=O) groups excluding carboxylic acids is 1. The Morgan fingerprint density at radius 3 is 2.71 bits per heavy atom. The van der Waals surface area contributed by atoms with Gasteiger partial charge in [0.15, 0.2) is 9.84 Å². The quantitative estimate of drug-likeness (QED) is 0.862. The fourth-order valence-electron chi connectivity index (χ4n) is 2.52. The average molecular weight is 328 g/mol. The van der Waals surface area contributed by atoms with Gasteiger partial charge in [-0.25, -0.2) is 13.2 Å². The topological polar surface area (TPSA) is 66.5 Å². The normalized spacial score (nSPS) is 20.2. The molecule has 0 bridgehead atoms. The van der Waals surface area contributed by atoms with Gasteiger partial charge in [0.25, 0.3) is 0 Å². The number of carbonyl (C=O) groups is 1. The van der Waals surface area contributed by atoms with E-state index in [0.717, 1.165) is 10.6 Å². The van der Waals surface area contributed by atoms with E-state index in [4.69, 9.17) is 0 Å². The average Bonchev–Trinajstić information content (AvgIpc) is 2.80. The first-order valence-electron chi connectivity index (χ1n) is 6.88. The van der Waals surface area contributed by atoms with E-state index in [1.165, 1.54) is 0 Å². The monoisotopic (exact) mass is 328 g/mol. The molecule has 7 heteroatoms. The van der Waals surface area contributed by atoms with Crippen LogP contribution in [0.4, 0.5) is 10.5 Å². The summed E-state index contributed by atoms with van der Waals surface area (Å²) >= 11 is 1.56. The second kappa shape index (κ2) is 6.70. The largest absolute Gasteiger partial charge is 0.322 e. The second-order valence-electron chi connectivity index (χ2n) is 4.97. The van der Waals surface area contributed by atoms with E-state index in [0.29, 0.717) is 13.0 Å². The van der Waals surface area contributed by atoms with Gasteiger partial charge < -0.3 is 10.2 Å². The summed E-state index contributed by atoms with van der Waals surface area (Å²) in [5.74, 6) is 0.237. The first kappa shape index (κ1) is 16.2. The van der Waals surface area contributed by atoms with Crippen molar-refractivity contribution in [3.05, 3.63) is 24.3 Å². The van der Waals surface area contributed by atoms with Crippen LogP contribution >= 0.6 is 11.8 Å². The van der Waals surface area contributed by atoms with Crippen molar-refractivity contribution in [2.24, 2.45) is 0 Å². The lowest BCUT2D eigenvalue weighted by molar-refractivity contribution is 0.197. The van der Waals surface area contributed by atoms with Gasteiger partial charge in [-0.3, -0.25) is 0 Å². The molecular weight excluding hydrogens is 308 g/mol. The van der Waals surface area contributed by atoms with Crippen LogP contribution in [-0.4, -0.2) is 49.7 Å². The molecule has 1 N–H and O–H groups in total. The maximum absolute atomic E-state index is 12.4. The summed E-state index contributed by atoms with van der Waals surface area (Å²) < 4.78 is 23.2. The van der Waals surface area contributed by atoms with Gasteiger partial charge in [-0.05, 0) is 31.7 Å².